The lowest BCUT2D eigenvalue weighted by Gasteiger charge is -2.21. The maximum absolute atomic E-state index is 13.2. The topological polar surface area (TPSA) is 95.1 Å². The lowest BCUT2D eigenvalue weighted by atomic mass is 10.1. The first-order chi connectivity index (χ1) is 16.7. The van der Waals surface area contributed by atoms with E-state index in [9.17, 15) is 9.59 Å². The van der Waals surface area contributed by atoms with Crippen LogP contribution in [0.15, 0.2) is 72.8 Å². The van der Waals surface area contributed by atoms with Gasteiger partial charge in [-0.25, -0.2) is 0 Å². The molecule has 2 aliphatic heterocycles. The average Bonchev–Trinajstić information content (AvgIpc) is 3.34. The number of carbonyl (C=O) groups is 2. The van der Waals surface area contributed by atoms with Crippen LogP contribution in [0, 0.1) is 0 Å². The number of benzene rings is 3. The second-order valence-corrected chi connectivity index (χ2v) is 7.65. The molecule has 0 saturated heterocycles. The molecule has 2 aliphatic rings. The van der Waals surface area contributed by atoms with Gasteiger partial charge in [-0.1, -0.05) is 36.4 Å². The van der Waals surface area contributed by atoms with Crippen molar-refractivity contribution in [3.05, 3.63) is 83.9 Å². The number of ether oxygens (including phenoxy) is 4. The third-order valence-corrected chi connectivity index (χ3v) is 5.32. The summed E-state index contributed by atoms with van der Waals surface area (Å²) in [7, 11) is 0. The number of fused-ring (bicyclic) bond motifs is 2. The van der Waals surface area contributed by atoms with Crippen LogP contribution in [0.3, 0.4) is 0 Å². The van der Waals surface area contributed by atoms with Gasteiger partial charge in [0, 0.05) is 17.8 Å². The van der Waals surface area contributed by atoms with Crippen LogP contribution in [0.1, 0.15) is 17.2 Å². The van der Waals surface area contributed by atoms with Crippen LogP contribution < -0.4 is 29.6 Å². The van der Waals surface area contributed by atoms with E-state index in [-0.39, 0.29) is 12.7 Å². The number of hydrogen-bond donors (Lipinski definition) is 2. The number of anilines is 1. The summed E-state index contributed by atoms with van der Waals surface area (Å²) in [5, 5.41) is 5.64. The summed E-state index contributed by atoms with van der Waals surface area (Å²) in [6.07, 6.45) is 3.03. The summed E-state index contributed by atoms with van der Waals surface area (Å²) < 4.78 is 21.8. The van der Waals surface area contributed by atoms with Gasteiger partial charge in [0.1, 0.15) is 19.3 Å². The number of rotatable bonds is 6. The highest BCUT2D eigenvalue weighted by Gasteiger charge is 2.23. The Balaban J connectivity index is 1.31. The van der Waals surface area contributed by atoms with Crippen molar-refractivity contribution < 1.29 is 28.5 Å². The molecular formula is C26H22N2O6. The van der Waals surface area contributed by atoms with Crippen molar-refractivity contribution in [3.8, 4) is 23.0 Å². The molecule has 0 unspecified atom stereocenters. The fourth-order valence-corrected chi connectivity index (χ4v) is 3.66. The summed E-state index contributed by atoms with van der Waals surface area (Å²) in [5.74, 6) is 1.70. The van der Waals surface area contributed by atoms with Crippen molar-refractivity contribution in [1.29, 1.82) is 0 Å². The van der Waals surface area contributed by atoms with Gasteiger partial charge in [-0.2, -0.15) is 0 Å². The van der Waals surface area contributed by atoms with E-state index in [4.69, 9.17) is 18.9 Å². The minimum absolute atomic E-state index is 0.181. The molecule has 0 fully saturated rings. The van der Waals surface area contributed by atoms with E-state index in [0.29, 0.717) is 47.5 Å². The molecule has 34 heavy (non-hydrogen) atoms. The van der Waals surface area contributed by atoms with Crippen molar-refractivity contribution in [1.82, 2.24) is 5.32 Å². The standard InChI is InChI=1S/C26H22N2O6/c29-24(11-7-17-6-9-21-22(14-17)34-16-33-21)28-25(18-4-2-1-3-5-18)26(30)27-19-8-10-20-23(15-19)32-13-12-31-20/h1-11,14-15,25H,12-13,16H2,(H,27,30)(H,28,29)/b11-7-/t25-/m0/s1. The fourth-order valence-electron chi connectivity index (χ4n) is 3.66. The number of hydrogen-bond acceptors (Lipinski definition) is 6. The van der Waals surface area contributed by atoms with Crippen LogP contribution >= 0.6 is 0 Å². The molecule has 0 aromatic heterocycles. The molecular weight excluding hydrogens is 436 g/mol. The predicted molar refractivity (Wildman–Crippen MR) is 125 cm³/mol. The van der Waals surface area contributed by atoms with E-state index in [1.165, 1.54) is 6.08 Å². The van der Waals surface area contributed by atoms with Crippen molar-refractivity contribution in [2.24, 2.45) is 0 Å². The molecule has 172 valence electrons. The molecule has 0 spiro atoms. The minimum Gasteiger partial charge on any atom is -0.486 e. The van der Waals surface area contributed by atoms with E-state index >= 15 is 0 Å². The van der Waals surface area contributed by atoms with Crippen molar-refractivity contribution in [2.45, 2.75) is 6.04 Å². The Morgan fingerprint density at radius 1 is 0.794 bits per heavy atom. The molecule has 8 heteroatoms. The van der Waals surface area contributed by atoms with Gasteiger partial charge in [0.2, 0.25) is 12.7 Å². The van der Waals surface area contributed by atoms with Gasteiger partial charge in [0.05, 0.1) is 0 Å². The van der Waals surface area contributed by atoms with E-state index in [1.54, 1.807) is 48.5 Å². The Labute approximate surface area is 196 Å². The van der Waals surface area contributed by atoms with Crippen LogP contribution in [0.5, 0.6) is 23.0 Å². The Hall–Kier alpha value is -4.46. The van der Waals surface area contributed by atoms with E-state index in [2.05, 4.69) is 10.6 Å². The molecule has 2 N–H and O–H groups in total. The highest BCUT2D eigenvalue weighted by Crippen LogP contribution is 2.34. The molecule has 3 aromatic carbocycles. The predicted octanol–water partition coefficient (Wildman–Crippen LogP) is 3.70. The molecule has 0 saturated carbocycles. The van der Waals surface area contributed by atoms with Crippen molar-refractivity contribution >= 4 is 23.6 Å². The summed E-state index contributed by atoms with van der Waals surface area (Å²) in [4.78, 5) is 25.9. The van der Waals surface area contributed by atoms with Gasteiger partial charge in [0.25, 0.3) is 5.91 Å². The second kappa shape index (κ2) is 9.58. The Morgan fingerprint density at radius 2 is 1.50 bits per heavy atom. The van der Waals surface area contributed by atoms with Gasteiger partial charge < -0.3 is 29.6 Å². The number of nitrogens with one attached hydrogen (secondary N) is 2. The first-order valence-corrected chi connectivity index (χ1v) is 10.8. The molecule has 3 aromatic rings. The molecule has 8 nitrogen and oxygen atoms in total. The van der Waals surface area contributed by atoms with E-state index in [0.717, 1.165) is 5.56 Å². The van der Waals surface area contributed by atoms with Gasteiger partial charge in [-0.3, -0.25) is 9.59 Å². The van der Waals surface area contributed by atoms with E-state index < -0.39 is 11.9 Å². The maximum atomic E-state index is 13.2. The normalized spacial score (nSPS) is 14.5. The Morgan fingerprint density at radius 3 is 2.35 bits per heavy atom. The fraction of sp³-hybridized carbons (Fsp3) is 0.154. The highest BCUT2D eigenvalue weighted by molar-refractivity contribution is 6.00. The zero-order valence-corrected chi connectivity index (χ0v) is 18.2. The second-order valence-electron chi connectivity index (χ2n) is 7.65. The Kier molecular flexibility index (Phi) is 6.03. The summed E-state index contributed by atoms with van der Waals surface area (Å²) in [6.45, 7) is 1.11. The zero-order chi connectivity index (χ0) is 23.3. The van der Waals surface area contributed by atoms with Crippen LogP contribution in [0.25, 0.3) is 6.08 Å². The number of carbonyl (C=O) groups excluding carboxylic acids is 2. The van der Waals surface area contributed by atoms with Crippen LogP contribution in [0.4, 0.5) is 5.69 Å². The van der Waals surface area contributed by atoms with Gasteiger partial charge >= 0.3 is 0 Å². The van der Waals surface area contributed by atoms with Crippen LogP contribution in [-0.2, 0) is 9.59 Å². The smallest absolute Gasteiger partial charge is 0.251 e. The summed E-state index contributed by atoms with van der Waals surface area (Å²) >= 11 is 0. The molecule has 0 radical (unpaired) electrons. The lowest BCUT2D eigenvalue weighted by Crippen LogP contribution is -2.36. The SMILES string of the molecule is O=C(/C=C\c1ccc2c(c1)OCO2)N[C@H](C(=O)Nc1ccc2c(c1)OCCO2)c1ccccc1. The zero-order valence-electron chi connectivity index (χ0n) is 18.2. The molecule has 2 heterocycles. The average molecular weight is 458 g/mol. The first kappa shape index (κ1) is 21.4. The van der Waals surface area contributed by atoms with Gasteiger partial charge in [-0.15, -0.1) is 0 Å². The largest absolute Gasteiger partial charge is 0.486 e. The van der Waals surface area contributed by atoms with Gasteiger partial charge in [-0.05, 0) is 41.5 Å². The van der Waals surface area contributed by atoms with Crippen LogP contribution in [-0.4, -0.2) is 31.8 Å². The summed E-state index contributed by atoms with van der Waals surface area (Å²) in [6, 6.07) is 18.7. The quantitative estimate of drug-likeness (QED) is 0.547. The Bertz CT molecular complexity index is 1240. The lowest BCUT2D eigenvalue weighted by molar-refractivity contribution is -0.123. The van der Waals surface area contributed by atoms with E-state index in [1.807, 2.05) is 24.3 Å². The molecule has 2 amide bonds. The monoisotopic (exact) mass is 458 g/mol. The molecule has 0 bridgehead atoms. The first-order valence-electron chi connectivity index (χ1n) is 10.8. The summed E-state index contributed by atoms with van der Waals surface area (Å²) in [5.41, 5.74) is 1.97. The van der Waals surface area contributed by atoms with Gasteiger partial charge in [0.15, 0.2) is 23.0 Å². The highest BCUT2D eigenvalue weighted by atomic mass is 16.7. The van der Waals surface area contributed by atoms with Crippen molar-refractivity contribution in [3.63, 3.8) is 0 Å². The minimum atomic E-state index is -0.900. The molecule has 1 atom stereocenters. The van der Waals surface area contributed by atoms with Crippen molar-refractivity contribution in [2.75, 3.05) is 25.3 Å². The third-order valence-electron chi connectivity index (χ3n) is 5.32. The number of amides is 2. The molecule has 5 rings (SSSR count). The molecule has 0 aliphatic carbocycles. The van der Waals surface area contributed by atoms with Crippen LogP contribution in [0.2, 0.25) is 0 Å². The third kappa shape index (κ3) is 4.80. The maximum Gasteiger partial charge on any atom is 0.251 e.